The third-order valence-electron chi connectivity index (χ3n) is 5.47. The first-order valence-electron chi connectivity index (χ1n) is 8.18. The Labute approximate surface area is 130 Å². The van der Waals surface area contributed by atoms with Crippen molar-refractivity contribution in [3.05, 3.63) is 0 Å². The zero-order chi connectivity index (χ0) is 15.5. The van der Waals surface area contributed by atoms with Crippen LogP contribution >= 0.6 is 0 Å². The lowest BCUT2D eigenvalue weighted by Gasteiger charge is -2.49. The van der Waals surface area contributed by atoms with Gasteiger partial charge in [0.2, 0.25) is 10.0 Å². The summed E-state index contributed by atoms with van der Waals surface area (Å²) in [5.74, 6) is 0.874. The fourth-order valence-corrected chi connectivity index (χ4v) is 4.87. The van der Waals surface area contributed by atoms with E-state index in [2.05, 4.69) is 24.3 Å². The van der Waals surface area contributed by atoms with Gasteiger partial charge in [0.1, 0.15) is 0 Å². The molecule has 0 aromatic carbocycles. The Bertz CT molecular complexity index is 426. The molecule has 0 atom stereocenters. The topological polar surface area (TPSA) is 52.7 Å². The van der Waals surface area contributed by atoms with E-state index in [1.165, 1.54) is 6.42 Å². The van der Waals surface area contributed by atoms with E-state index in [0.717, 1.165) is 45.2 Å². The van der Waals surface area contributed by atoms with Crippen LogP contribution in [0.25, 0.3) is 0 Å². The average Bonchev–Trinajstić information content (AvgIpc) is 2.41. The second-order valence-electron chi connectivity index (χ2n) is 7.03. The Morgan fingerprint density at radius 3 is 2.24 bits per heavy atom. The number of piperidine rings is 1. The van der Waals surface area contributed by atoms with Gasteiger partial charge in [0.15, 0.2) is 0 Å². The van der Waals surface area contributed by atoms with Crippen LogP contribution in [-0.2, 0) is 10.0 Å². The summed E-state index contributed by atoms with van der Waals surface area (Å²) < 4.78 is 26.6. The highest BCUT2D eigenvalue weighted by molar-refractivity contribution is 7.89. The molecule has 1 N–H and O–H groups in total. The van der Waals surface area contributed by atoms with Crippen molar-refractivity contribution in [2.75, 3.05) is 46.5 Å². The van der Waals surface area contributed by atoms with Crippen LogP contribution < -0.4 is 5.32 Å². The smallest absolute Gasteiger partial charge is 0.213 e. The molecule has 0 aromatic rings. The molecule has 5 nitrogen and oxygen atoms in total. The van der Waals surface area contributed by atoms with Crippen LogP contribution in [0.15, 0.2) is 0 Å². The van der Waals surface area contributed by atoms with E-state index < -0.39 is 10.0 Å². The maximum atomic E-state index is 12.5. The van der Waals surface area contributed by atoms with Gasteiger partial charge in [-0.25, -0.2) is 12.7 Å². The van der Waals surface area contributed by atoms with Gasteiger partial charge in [0.05, 0.1) is 5.75 Å². The minimum Gasteiger partial charge on any atom is -0.317 e. The Hall–Kier alpha value is -0.170. The standard InChI is InChI=1S/C15H31N3O2S/c1-17(2)15(8-4-9-15)13-18(3)21(19,20)12-7-14-5-10-16-11-6-14/h14,16H,4-13H2,1-3H3. The van der Waals surface area contributed by atoms with E-state index >= 15 is 0 Å². The molecular formula is C15H31N3O2S. The van der Waals surface area contributed by atoms with E-state index in [0.29, 0.717) is 18.2 Å². The van der Waals surface area contributed by atoms with E-state index in [9.17, 15) is 8.42 Å². The van der Waals surface area contributed by atoms with Crippen molar-refractivity contribution in [1.82, 2.24) is 14.5 Å². The molecule has 0 radical (unpaired) electrons. The lowest BCUT2D eigenvalue weighted by Crippen LogP contribution is -2.57. The first kappa shape index (κ1) is 17.2. The minimum atomic E-state index is -3.12. The van der Waals surface area contributed by atoms with Gasteiger partial charge in [0.25, 0.3) is 0 Å². The number of hydrogen-bond donors (Lipinski definition) is 1. The van der Waals surface area contributed by atoms with Crippen LogP contribution in [0.3, 0.4) is 0 Å². The lowest BCUT2D eigenvalue weighted by molar-refractivity contribution is 0.0455. The molecule has 124 valence electrons. The van der Waals surface area contributed by atoms with Gasteiger partial charge >= 0.3 is 0 Å². The summed E-state index contributed by atoms with van der Waals surface area (Å²) >= 11 is 0. The highest BCUT2D eigenvalue weighted by Gasteiger charge is 2.41. The molecule has 0 spiro atoms. The van der Waals surface area contributed by atoms with E-state index in [-0.39, 0.29) is 5.54 Å². The number of rotatable bonds is 7. The predicted octanol–water partition coefficient (Wildman–Crippen LogP) is 1.12. The molecule has 1 aliphatic carbocycles. The highest BCUT2D eigenvalue weighted by Crippen LogP contribution is 2.37. The molecule has 6 heteroatoms. The minimum absolute atomic E-state index is 0.0661. The number of likely N-dealkylation sites (N-methyl/N-ethyl adjacent to an activating group) is 2. The van der Waals surface area contributed by atoms with Crippen molar-refractivity contribution in [2.45, 2.75) is 44.1 Å². The van der Waals surface area contributed by atoms with Crippen molar-refractivity contribution in [3.8, 4) is 0 Å². The van der Waals surface area contributed by atoms with Gasteiger partial charge in [0, 0.05) is 19.1 Å². The fourth-order valence-electron chi connectivity index (χ4n) is 3.49. The van der Waals surface area contributed by atoms with Gasteiger partial charge < -0.3 is 10.2 Å². The SMILES string of the molecule is CN(C)C1(CN(C)S(=O)(=O)CCC2CCNCC2)CCC1. The molecular weight excluding hydrogens is 286 g/mol. The monoisotopic (exact) mass is 317 g/mol. The van der Waals surface area contributed by atoms with Crippen LogP contribution in [-0.4, -0.2) is 69.7 Å². The number of hydrogen-bond acceptors (Lipinski definition) is 4. The fraction of sp³-hybridized carbons (Fsp3) is 1.00. The van der Waals surface area contributed by atoms with Gasteiger partial charge in [-0.1, -0.05) is 0 Å². The Morgan fingerprint density at radius 1 is 1.14 bits per heavy atom. The summed E-state index contributed by atoms with van der Waals surface area (Å²) in [6, 6.07) is 0. The summed E-state index contributed by atoms with van der Waals surface area (Å²) in [4.78, 5) is 2.20. The van der Waals surface area contributed by atoms with Crippen molar-refractivity contribution >= 4 is 10.0 Å². The third kappa shape index (κ3) is 4.18. The van der Waals surface area contributed by atoms with Gasteiger partial charge in [-0.3, -0.25) is 0 Å². The first-order valence-corrected chi connectivity index (χ1v) is 9.79. The van der Waals surface area contributed by atoms with Gasteiger partial charge in [-0.15, -0.1) is 0 Å². The summed E-state index contributed by atoms with van der Waals surface area (Å²) in [6.07, 6.45) is 6.45. The third-order valence-corrected chi connectivity index (χ3v) is 7.30. The van der Waals surface area contributed by atoms with Crippen LogP contribution in [0, 0.1) is 5.92 Å². The zero-order valence-corrected chi connectivity index (χ0v) is 14.6. The van der Waals surface area contributed by atoms with Crippen LogP contribution in [0.5, 0.6) is 0 Å². The van der Waals surface area contributed by atoms with E-state index in [1.54, 1.807) is 11.4 Å². The lowest BCUT2D eigenvalue weighted by atomic mass is 9.75. The van der Waals surface area contributed by atoms with E-state index in [4.69, 9.17) is 0 Å². The molecule has 1 saturated heterocycles. The Balaban J connectivity index is 1.86. The molecule has 1 saturated carbocycles. The number of nitrogens with zero attached hydrogens (tertiary/aromatic N) is 2. The second kappa shape index (κ2) is 6.94. The summed E-state index contributed by atoms with van der Waals surface area (Å²) in [6.45, 7) is 2.70. The van der Waals surface area contributed by atoms with Crippen molar-refractivity contribution < 1.29 is 8.42 Å². The molecule has 0 amide bonds. The van der Waals surface area contributed by atoms with Crippen molar-refractivity contribution in [2.24, 2.45) is 5.92 Å². The quantitative estimate of drug-likeness (QED) is 0.764. The Kier molecular flexibility index (Phi) is 5.68. The summed E-state index contributed by atoms with van der Waals surface area (Å²) in [7, 11) is 2.76. The van der Waals surface area contributed by atoms with Crippen LogP contribution in [0.4, 0.5) is 0 Å². The molecule has 0 bridgehead atoms. The zero-order valence-electron chi connectivity index (χ0n) is 13.8. The normalized spacial score (nSPS) is 23.5. The molecule has 1 aliphatic heterocycles. The average molecular weight is 317 g/mol. The van der Waals surface area contributed by atoms with Gasteiger partial charge in [-0.2, -0.15) is 0 Å². The summed E-state index contributed by atoms with van der Waals surface area (Å²) in [5.41, 5.74) is 0.0661. The van der Waals surface area contributed by atoms with Crippen molar-refractivity contribution in [1.29, 1.82) is 0 Å². The molecule has 0 aromatic heterocycles. The second-order valence-corrected chi connectivity index (χ2v) is 9.22. The van der Waals surface area contributed by atoms with Crippen LogP contribution in [0.1, 0.15) is 38.5 Å². The highest BCUT2D eigenvalue weighted by atomic mass is 32.2. The van der Waals surface area contributed by atoms with E-state index in [1.807, 2.05) is 0 Å². The Morgan fingerprint density at radius 2 is 1.76 bits per heavy atom. The predicted molar refractivity (Wildman–Crippen MR) is 86.9 cm³/mol. The molecule has 0 unspecified atom stereocenters. The first-order chi connectivity index (χ1) is 9.86. The molecule has 2 aliphatic rings. The molecule has 2 fully saturated rings. The largest absolute Gasteiger partial charge is 0.317 e. The van der Waals surface area contributed by atoms with Gasteiger partial charge in [-0.05, 0) is 71.6 Å². The number of sulfonamides is 1. The molecule has 1 heterocycles. The summed E-state index contributed by atoms with van der Waals surface area (Å²) in [5, 5.41) is 3.33. The molecule has 2 rings (SSSR count). The molecule has 21 heavy (non-hydrogen) atoms. The maximum Gasteiger partial charge on any atom is 0.213 e. The maximum absolute atomic E-state index is 12.5. The van der Waals surface area contributed by atoms with Crippen molar-refractivity contribution in [3.63, 3.8) is 0 Å². The number of nitrogens with one attached hydrogen (secondary N) is 1. The van der Waals surface area contributed by atoms with Crippen LogP contribution in [0.2, 0.25) is 0 Å².